The maximum atomic E-state index is 4.96. The molecule has 0 radical (unpaired) electrons. The van der Waals surface area contributed by atoms with E-state index in [0.29, 0.717) is 0 Å². The lowest BCUT2D eigenvalue weighted by Gasteiger charge is -2.28. The average Bonchev–Trinajstić information content (AvgIpc) is 3.43. The van der Waals surface area contributed by atoms with Gasteiger partial charge in [0.05, 0.1) is 28.9 Å². The second kappa shape index (κ2) is 8.42. The number of piperidine rings is 1. The summed E-state index contributed by atoms with van der Waals surface area (Å²) in [4.78, 5) is 19.5. The van der Waals surface area contributed by atoms with Crippen LogP contribution in [-0.4, -0.2) is 43.2 Å². The number of rotatable bonds is 4. The molecule has 0 saturated carbocycles. The Hall–Kier alpha value is -3.74. The van der Waals surface area contributed by atoms with Gasteiger partial charge in [0.15, 0.2) is 5.82 Å². The first-order valence-electron chi connectivity index (χ1n) is 11.1. The van der Waals surface area contributed by atoms with Gasteiger partial charge in [0.25, 0.3) is 0 Å². The molecule has 7 nitrogen and oxygen atoms in total. The molecule has 1 fully saturated rings. The lowest BCUT2D eigenvalue weighted by molar-refractivity contribution is 0.578. The minimum absolute atomic E-state index is 0.719. The number of hydrogen-bond acceptors (Lipinski definition) is 5. The fraction of sp³-hybridized carbons (Fsp3) is 0.280. The largest absolute Gasteiger partial charge is 0.368 e. The molecule has 0 spiro atoms. The minimum Gasteiger partial charge on any atom is -0.368 e. The molecule has 162 valence electrons. The fourth-order valence-corrected chi connectivity index (χ4v) is 4.30. The Bertz CT molecular complexity index is 1400. The molecule has 1 aliphatic heterocycles. The lowest BCUT2D eigenvalue weighted by atomic mass is 10.1. The number of nitrogens with one attached hydrogen (secondary N) is 2. The number of allylic oxidation sites excluding steroid dienone is 1. The van der Waals surface area contributed by atoms with Crippen LogP contribution in [0.4, 0.5) is 5.69 Å². The molecule has 32 heavy (non-hydrogen) atoms. The monoisotopic (exact) mass is 425 g/mol. The van der Waals surface area contributed by atoms with Crippen LogP contribution in [0.2, 0.25) is 0 Å². The van der Waals surface area contributed by atoms with Crippen LogP contribution in [0.5, 0.6) is 0 Å². The Kier molecular flexibility index (Phi) is 5.31. The zero-order valence-corrected chi connectivity index (χ0v) is 18.5. The maximum Gasteiger partial charge on any atom is 0.159 e. The Balaban J connectivity index is 1.62. The van der Waals surface area contributed by atoms with Gasteiger partial charge < -0.3 is 9.88 Å². The van der Waals surface area contributed by atoms with Gasteiger partial charge >= 0.3 is 0 Å². The van der Waals surface area contributed by atoms with Gasteiger partial charge in [-0.1, -0.05) is 12.7 Å². The molecular weight excluding hydrogens is 398 g/mol. The van der Waals surface area contributed by atoms with E-state index in [1.165, 1.54) is 19.3 Å². The fourth-order valence-electron chi connectivity index (χ4n) is 4.30. The number of aromatic amines is 2. The zero-order chi connectivity index (χ0) is 22.1. The summed E-state index contributed by atoms with van der Waals surface area (Å²) in [6, 6.07) is 2.08. The molecule has 7 heteroatoms. The van der Waals surface area contributed by atoms with Crippen LogP contribution in [-0.2, 0) is 0 Å². The SMILES string of the molecule is C=C(/C=c1/c(-c2nc3c(N4CCCCC4)cncc3[nH]2)n[nH]/c1=C/C)c1cncc(C)c1. The normalized spacial score (nSPS) is 15.6. The minimum atomic E-state index is 0.719. The van der Waals surface area contributed by atoms with Gasteiger partial charge in [-0.05, 0) is 62.0 Å². The van der Waals surface area contributed by atoms with Crippen molar-refractivity contribution in [3.63, 3.8) is 0 Å². The Morgan fingerprint density at radius 2 is 1.91 bits per heavy atom. The molecule has 5 heterocycles. The molecule has 0 aliphatic carbocycles. The van der Waals surface area contributed by atoms with Crippen molar-refractivity contribution >= 4 is 34.4 Å². The average molecular weight is 426 g/mol. The number of H-pyrrole nitrogens is 2. The highest BCUT2D eigenvalue weighted by Crippen LogP contribution is 2.28. The number of hydrogen-bond donors (Lipinski definition) is 2. The quantitative estimate of drug-likeness (QED) is 0.524. The van der Waals surface area contributed by atoms with Crippen LogP contribution in [0.15, 0.2) is 37.4 Å². The van der Waals surface area contributed by atoms with Crippen LogP contribution < -0.4 is 15.5 Å². The highest BCUT2D eigenvalue weighted by molar-refractivity contribution is 5.91. The molecule has 4 aromatic rings. The summed E-state index contributed by atoms with van der Waals surface area (Å²) < 4.78 is 0. The predicted octanol–water partition coefficient (Wildman–Crippen LogP) is 3.34. The van der Waals surface area contributed by atoms with Crippen molar-refractivity contribution in [3.8, 4) is 11.5 Å². The first-order chi connectivity index (χ1) is 15.6. The van der Waals surface area contributed by atoms with E-state index in [1.807, 2.05) is 50.8 Å². The summed E-state index contributed by atoms with van der Waals surface area (Å²) in [5.74, 6) is 0.719. The third-order valence-electron chi connectivity index (χ3n) is 5.98. The van der Waals surface area contributed by atoms with E-state index in [1.54, 1.807) is 0 Å². The van der Waals surface area contributed by atoms with Gasteiger partial charge in [0.1, 0.15) is 11.2 Å². The van der Waals surface area contributed by atoms with E-state index in [0.717, 1.165) is 68.6 Å². The standard InChI is InChI=1S/C25H27N7/c1-4-20-19(11-17(3)18-10-16(2)12-26-13-18)23(31-30-20)25-28-21-14-27-15-22(24(21)29-25)32-8-6-5-7-9-32/h4,10-15,30H,3,5-9H2,1-2H3,(H,28,29)/b19-11+,20-4+. The molecule has 1 saturated heterocycles. The summed E-state index contributed by atoms with van der Waals surface area (Å²) >= 11 is 0. The third-order valence-corrected chi connectivity index (χ3v) is 5.98. The number of imidazole rings is 1. The second-order valence-corrected chi connectivity index (χ2v) is 8.30. The van der Waals surface area contributed by atoms with E-state index in [4.69, 9.17) is 4.98 Å². The Morgan fingerprint density at radius 1 is 1.09 bits per heavy atom. The van der Waals surface area contributed by atoms with Gasteiger partial charge in [-0.2, -0.15) is 5.10 Å². The van der Waals surface area contributed by atoms with Gasteiger partial charge in [0, 0.05) is 30.7 Å². The van der Waals surface area contributed by atoms with Crippen LogP contribution in [0.3, 0.4) is 0 Å². The Labute approximate surface area is 186 Å². The highest BCUT2D eigenvalue weighted by atomic mass is 15.2. The van der Waals surface area contributed by atoms with Gasteiger partial charge in [-0.25, -0.2) is 4.98 Å². The molecule has 0 atom stereocenters. The molecule has 2 N–H and O–H groups in total. The Morgan fingerprint density at radius 3 is 2.69 bits per heavy atom. The third kappa shape index (κ3) is 3.70. The summed E-state index contributed by atoms with van der Waals surface area (Å²) in [5, 5.41) is 9.60. The number of aryl methyl sites for hydroxylation is 1. The first-order valence-corrected chi connectivity index (χ1v) is 11.1. The van der Waals surface area contributed by atoms with Crippen molar-refractivity contribution in [2.75, 3.05) is 18.0 Å². The van der Waals surface area contributed by atoms with Crippen molar-refractivity contribution in [3.05, 3.63) is 59.1 Å². The molecule has 0 amide bonds. The van der Waals surface area contributed by atoms with Crippen LogP contribution >= 0.6 is 0 Å². The van der Waals surface area contributed by atoms with E-state index in [9.17, 15) is 0 Å². The lowest BCUT2D eigenvalue weighted by Crippen LogP contribution is -2.29. The first kappa shape index (κ1) is 20.2. The molecule has 5 rings (SSSR count). The zero-order valence-electron chi connectivity index (χ0n) is 18.5. The van der Waals surface area contributed by atoms with E-state index in [-0.39, 0.29) is 0 Å². The molecule has 0 aromatic carbocycles. The summed E-state index contributed by atoms with van der Waals surface area (Å²) in [6.07, 6.45) is 15.2. The van der Waals surface area contributed by atoms with Crippen LogP contribution in [0.25, 0.3) is 40.3 Å². The van der Waals surface area contributed by atoms with E-state index >= 15 is 0 Å². The van der Waals surface area contributed by atoms with Crippen LogP contribution in [0.1, 0.15) is 37.3 Å². The number of nitrogens with zero attached hydrogens (tertiary/aromatic N) is 5. The number of anilines is 1. The second-order valence-electron chi connectivity index (χ2n) is 8.30. The predicted molar refractivity (Wildman–Crippen MR) is 129 cm³/mol. The molecule has 4 aromatic heterocycles. The molecule has 0 bridgehead atoms. The van der Waals surface area contributed by atoms with Crippen molar-refractivity contribution in [2.45, 2.75) is 33.1 Å². The number of aromatic nitrogens is 6. The topological polar surface area (TPSA) is 86.4 Å². The number of fused-ring (bicyclic) bond motifs is 1. The van der Waals surface area contributed by atoms with Crippen molar-refractivity contribution in [1.29, 1.82) is 0 Å². The van der Waals surface area contributed by atoms with E-state index in [2.05, 4.69) is 42.7 Å². The summed E-state index contributed by atoms with van der Waals surface area (Å²) in [6.45, 7) is 10.4. The summed E-state index contributed by atoms with van der Waals surface area (Å²) in [5.41, 5.74) is 6.67. The van der Waals surface area contributed by atoms with E-state index < -0.39 is 0 Å². The highest BCUT2D eigenvalue weighted by Gasteiger charge is 2.18. The number of pyridine rings is 2. The van der Waals surface area contributed by atoms with Crippen molar-refractivity contribution < 1.29 is 0 Å². The van der Waals surface area contributed by atoms with Crippen molar-refractivity contribution in [1.82, 2.24) is 30.1 Å². The molecule has 1 aliphatic rings. The molecular formula is C25H27N7. The van der Waals surface area contributed by atoms with Gasteiger partial charge in [-0.15, -0.1) is 0 Å². The van der Waals surface area contributed by atoms with Gasteiger partial charge in [0.2, 0.25) is 0 Å². The van der Waals surface area contributed by atoms with Gasteiger partial charge in [-0.3, -0.25) is 15.1 Å². The van der Waals surface area contributed by atoms with Crippen LogP contribution in [0, 0.1) is 6.92 Å². The smallest absolute Gasteiger partial charge is 0.159 e. The summed E-state index contributed by atoms with van der Waals surface area (Å²) in [7, 11) is 0. The maximum absolute atomic E-state index is 4.96. The van der Waals surface area contributed by atoms with Crippen molar-refractivity contribution in [2.24, 2.45) is 0 Å². The molecule has 0 unspecified atom stereocenters.